The number of amides is 3. The second kappa shape index (κ2) is 13.9. The lowest BCUT2D eigenvalue weighted by Crippen LogP contribution is -2.50. The molecule has 5 fully saturated rings. The van der Waals surface area contributed by atoms with Crippen LogP contribution < -0.4 is 20.4 Å². The quantitative estimate of drug-likeness (QED) is 0.373. The topological polar surface area (TPSA) is 128 Å². The first-order valence-corrected chi connectivity index (χ1v) is 17.8. The number of nitrogens with zero attached hydrogens (tertiary/aromatic N) is 7. The van der Waals surface area contributed by atoms with Crippen molar-refractivity contribution in [2.75, 3.05) is 73.0 Å². The lowest BCUT2D eigenvalue weighted by Gasteiger charge is -2.37. The number of hydrogen-bond acceptors (Lipinski definition) is 10. The van der Waals surface area contributed by atoms with Gasteiger partial charge in [0, 0.05) is 67.6 Å². The van der Waals surface area contributed by atoms with Gasteiger partial charge in [-0.2, -0.15) is 15.0 Å². The number of nitrogens with one attached hydrogen (secondary N) is 2. The number of fused-ring (bicyclic) bond motifs is 4. The molecule has 4 bridgehead atoms. The van der Waals surface area contributed by atoms with Crippen molar-refractivity contribution in [3.63, 3.8) is 0 Å². The Hall–Kier alpha value is -4.47. The summed E-state index contributed by atoms with van der Waals surface area (Å²) in [4.78, 5) is 48.3. The van der Waals surface area contributed by atoms with E-state index in [-0.39, 0.29) is 31.2 Å². The largest absolute Gasteiger partial charge is 0.377 e. The summed E-state index contributed by atoms with van der Waals surface area (Å²) in [6.45, 7) is 8.66. The fraction of sp³-hybridized carbons (Fsp3) is 0.528. The van der Waals surface area contributed by atoms with Crippen LogP contribution in [-0.2, 0) is 9.47 Å². The fourth-order valence-electron chi connectivity index (χ4n) is 7.92. The van der Waals surface area contributed by atoms with E-state index >= 15 is 0 Å². The van der Waals surface area contributed by atoms with Gasteiger partial charge in [-0.15, -0.1) is 0 Å². The average Bonchev–Trinajstić information content (AvgIpc) is 3.45. The summed E-state index contributed by atoms with van der Waals surface area (Å²) in [5, 5.41) is 5.65. The first-order valence-electron chi connectivity index (χ1n) is 17.8. The van der Waals surface area contributed by atoms with Crippen molar-refractivity contribution in [2.45, 2.75) is 69.2 Å². The van der Waals surface area contributed by atoms with Crippen molar-refractivity contribution < 1.29 is 27.8 Å². The molecule has 0 aliphatic carbocycles. The van der Waals surface area contributed by atoms with E-state index in [0.717, 1.165) is 13.1 Å². The molecular formula is C36H43F2N9O4. The molecule has 5 saturated heterocycles. The van der Waals surface area contributed by atoms with Crippen molar-refractivity contribution in [3.05, 3.63) is 54.1 Å². The summed E-state index contributed by atoms with van der Waals surface area (Å²) in [6, 6.07) is 12.5. The molecule has 0 spiro atoms. The molecule has 5 aliphatic rings. The van der Waals surface area contributed by atoms with Crippen LogP contribution in [-0.4, -0.2) is 132 Å². The normalized spacial score (nSPS) is 27.6. The number of piperazine rings is 1. The maximum absolute atomic E-state index is 15.0. The molecule has 6 heterocycles. The van der Waals surface area contributed by atoms with Gasteiger partial charge in [0.1, 0.15) is 12.3 Å². The van der Waals surface area contributed by atoms with Crippen LogP contribution in [0.4, 0.5) is 36.8 Å². The van der Waals surface area contributed by atoms with Gasteiger partial charge in [0.2, 0.25) is 11.9 Å². The molecule has 0 radical (unpaired) electrons. The maximum atomic E-state index is 15.0. The number of hydrogen-bond donors (Lipinski definition) is 2. The van der Waals surface area contributed by atoms with E-state index in [1.165, 1.54) is 0 Å². The number of alkyl halides is 2. The van der Waals surface area contributed by atoms with Gasteiger partial charge in [0.05, 0.1) is 50.6 Å². The van der Waals surface area contributed by atoms with E-state index in [0.29, 0.717) is 85.4 Å². The molecule has 13 nitrogen and oxygen atoms in total. The molecular weight excluding hydrogens is 660 g/mol. The maximum Gasteiger partial charge on any atom is 0.323 e. The van der Waals surface area contributed by atoms with E-state index in [4.69, 9.17) is 24.4 Å². The first kappa shape index (κ1) is 33.7. The second-order valence-corrected chi connectivity index (χ2v) is 14.2. The Morgan fingerprint density at radius 1 is 0.725 bits per heavy atom. The van der Waals surface area contributed by atoms with E-state index in [9.17, 15) is 18.4 Å². The number of ether oxygens (including phenoxy) is 2. The highest BCUT2D eigenvalue weighted by atomic mass is 19.1. The van der Waals surface area contributed by atoms with Gasteiger partial charge >= 0.3 is 6.03 Å². The van der Waals surface area contributed by atoms with Crippen LogP contribution in [0.15, 0.2) is 48.5 Å². The number of aromatic nitrogens is 3. The Balaban J connectivity index is 0.956. The average molecular weight is 704 g/mol. The van der Waals surface area contributed by atoms with Crippen molar-refractivity contribution >= 4 is 35.2 Å². The molecule has 8 rings (SSSR count). The number of urea groups is 1. The summed E-state index contributed by atoms with van der Waals surface area (Å²) in [5.74, 6) is 1.04. The zero-order valence-corrected chi connectivity index (χ0v) is 28.8. The van der Waals surface area contributed by atoms with Gasteiger partial charge < -0.3 is 34.8 Å². The van der Waals surface area contributed by atoms with Gasteiger partial charge in [-0.3, -0.25) is 9.69 Å². The van der Waals surface area contributed by atoms with Gasteiger partial charge in [0.15, 0.2) is 5.82 Å². The van der Waals surface area contributed by atoms with Crippen LogP contribution in [0.2, 0.25) is 0 Å². The fourth-order valence-corrected chi connectivity index (χ4v) is 7.92. The number of carbonyl (C=O) groups is 2. The number of carbonyl (C=O) groups excluding carboxylic acids is 2. The van der Waals surface area contributed by atoms with Crippen LogP contribution >= 0.6 is 0 Å². The minimum absolute atomic E-state index is 0.0141. The highest BCUT2D eigenvalue weighted by Gasteiger charge is 2.49. The third-order valence-corrected chi connectivity index (χ3v) is 10.7. The van der Waals surface area contributed by atoms with Crippen LogP contribution in [0, 0.1) is 0 Å². The third kappa shape index (κ3) is 6.69. The summed E-state index contributed by atoms with van der Waals surface area (Å²) in [7, 11) is 0. The molecule has 6 atom stereocenters. The van der Waals surface area contributed by atoms with Gasteiger partial charge in [-0.25, -0.2) is 13.6 Å². The van der Waals surface area contributed by atoms with E-state index in [1.807, 2.05) is 14.7 Å². The zero-order valence-electron chi connectivity index (χ0n) is 28.8. The molecule has 15 heteroatoms. The third-order valence-electron chi connectivity index (χ3n) is 10.7. The molecule has 0 unspecified atom stereocenters. The summed E-state index contributed by atoms with van der Waals surface area (Å²) >= 11 is 0. The lowest BCUT2D eigenvalue weighted by atomic mass is 10.1. The summed E-state index contributed by atoms with van der Waals surface area (Å²) < 4.78 is 41.3. The molecule has 270 valence electrons. The van der Waals surface area contributed by atoms with Gasteiger partial charge in [-0.1, -0.05) is 0 Å². The Kier molecular flexibility index (Phi) is 9.19. The zero-order chi connectivity index (χ0) is 35.2. The van der Waals surface area contributed by atoms with Crippen molar-refractivity contribution in [2.24, 2.45) is 0 Å². The predicted octanol–water partition coefficient (Wildman–Crippen LogP) is 3.98. The number of anilines is 4. The summed E-state index contributed by atoms with van der Waals surface area (Å²) in [5.41, 5.74) is 2.33. The number of benzene rings is 2. The van der Waals surface area contributed by atoms with E-state index in [2.05, 4.69) is 29.4 Å². The molecule has 2 aromatic carbocycles. The Bertz CT molecular complexity index is 1690. The van der Waals surface area contributed by atoms with Crippen LogP contribution in [0.1, 0.15) is 37.0 Å². The van der Waals surface area contributed by atoms with Gasteiger partial charge in [0.25, 0.3) is 5.91 Å². The summed E-state index contributed by atoms with van der Waals surface area (Å²) in [6.07, 6.45) is -1.47. The molecule has 51 heavy (non-hydrogen) atoms. The molecule has 3 amide bonds. The Morgan fingerprint density at radius 3 is 1.73 bits per heavy atom. The SMILES string of the molecule is CC(C)N1CCN(C(=O)c2ccc(NC(=O)Nc3ccc(-c4nc(N5[C@@H]6COC[C@H]5[C@@H](F)C6)nc(N5[C@@H]6COC[C@H]5[C@@H](F)C6)n4)cc3)cc2)CC1. The standard InChI is InChI=1S/C36H43F2N9O4/c1-21(2)44-11-13-45(14-12-44)33(48)23-5-9-25(10-6-23)40-36(49)39-24-7-3-22(4-8-24)32-41-34(46-26-15-28(37)30(46)19-50-17-26)43-35(42-32)47-27-16-29(38)31(47)20-51-18-27/h3-10,21,26-31H,11-20H2,1-2H3,(H2,39,40,49)/t26-,27-,28-,29-,30-,31-/m0/s1. The van der Waals surface area contributed by atoms with E-state index in [1.54, 1.807) is 48.5 Å². The molecule has 3 aromatic rings. The van der Waals surface area contributed by atoms with Crippen molar-refractivity contribution in [1.29, 1.82) is 0 Å². The lowest BCUT2D eigenvalue weighted by molar-refractivity contribution is 0.0595. The van der Waals surface area contributed by atoms with Crippen LogP contribution in [0.3, 0.4) is 0 Å². The molecule has 5 aliphatic heterocycles. The smallest absolute Gasteiger partial charge is 0.323 e. The minimum Gasteiger partial charge on any atom is -0.377 e. The minimum atomic E-state index is -1.07. The monoisotopic (exact) mass is 703 g/mol. The highest BCUT2D eigenvalue weighted by Crippen LogP contribution is 2.38. The predicted molar refractivity (Wildman–Crippen MR) is 188 cm³/mol. The van der Waals surface area contributed by atoms with Crippen molar-refractivity contribution in [3.8, 4) is 11.4 Å². The number of halogens is 2. The Morgan fingerprint density at radius 2 is 1.24 bits per heavy atom. The van der Waals surface area contributed by atoms with Crippen LogP contribution in [0.25, 0.3) is 11.4 Å². The number of rotatable bonds is 7. The second-order valence-electron chi connectivity index (χ2n) is 14.2. The first-order chi connectivity index (χ1) is 24.7. The molecule has 0 saturated carbocycles. The highest BCUT2D eigenvalue weighted by molar-refractivity contribution is 6.00. The molecule has 1 aromatic heterocycles. The molecule has 2 N–H and O–H groups in total. The number of morpholine rings is 2. The van der Waals surface area contributed by atoms with Crippen LogP contribution in [0.5, 0.6) is 0 Å². The van der Waals surface area contributed by atoms with Crippen molar-refractivity contribution in [1.82, 2.24) is 24.8 Å². The van der Waals surface area contributed by atoms with Gasteiger partial charge in [-0.05, 0) is 62.4 Å². The van der Waals surface area contributed by atoms with E-state index < -0.39 is 30.5 Å². The Labute approximate surface area is 295 Å².